The summed E-state index contributed by atoms with van der Waals surface area (Å²) in [7, 11) is 0. The quantitative estimate of drug-likeness (QED) is 0.566. The number of para-hydroxylation sites is 1. The van der Waals surface area contributed by atoms with Crippen molar-refractivity contribution in [2.24, 2.45) is 0 Å². The summed E-state index contributed by atoms with van der Waals surface area (Å²) in [6.45, 7) is 4.40. The standard InChI is InChI=1S/C22H27FN2O4/c1-3-4-13-28-18-11-9-17(10-12-18)22(27)24-14-21(26)25-16(2)15-29-20-8-6-5-7-19(20)23/h5-12,16H,3-4,13-15H2,1-2H3,(H,24,27)(H,25,26). The highest BCUT2D eigenvalue weighted by Gasteiger charge is 2.12. The van der Waals surface area contributed by atoms with Gasteiger partial charge in [0.15, 0.2) is 11.6 Å². The summed E-state index contributed by atoms with van der Waals surface area (Å²) in [5.41, 5.74) is 0.441. The molecule has 0 saturated heterocycles. The summed E-state index contributed by atoms with van der Waals surface area (Å²) < 4.78 is 24.4. The molecule has 2 amide bonds. The van der Waals surface area contributed by atoms with E-state index in [1.807, 2.05) is 0 Å². The first-order chi connectivity index (χ1) is 14.0. The summed E-state index contributed by atoms with van der Waals surface area (Å²) in [4.78, 5) is 24.1. The molecule has 2 N–H and O–H groups in total. The van der Waals surface area contributed by atoms with Gasteiger partial charge in [0.1, 0.15) is 12.4 Å². The smallest absolute Gasteiger partial charge is 0.251 e. The Morgan fingerprint density at radius 2 is 1.79 bits per heavy atom. The fourth-order valence-corrected chi connectivity index (χ4v) is 2.44. The third kappa shape index (κ3) is 7.81. The third-order valence-corrected chi connectivity index (χ3v) is 4.03. The molecule has 0 saturated carbocycles. The number of carbonyl (C=O) groups is 2. The van der Waals surface area contributed by atoms with Crippen LogP contribution in [0.5, 0.6) is 11.5 Å². The molecule has 0 aliphatic carbocycles. The molecular weight excluding hydrogens is 375 g/mol. The van der Waals surface area contributed by atoms with E-state index in [1.54, 1.807) is 43.3 Å². The Hall–Kier alpha value is -3.09. The van der Waals surface area contributed by atoms with E-state index < -0.39 is 5.82 Å². The van der Waals surface area contributed by atoms with Crippen LogP contribution in [0.3, 0.4) is 0 Å². The molecule has 29 heavy (non-hydrogen) atoms. The van der Waals surface area contributed by atoms with Crippen molar-refractivity contribution in [1.29, 1.82) is 0 Å². The number of nitrogens with one attached hydrogen (secondary N) is 2. The highest BCUT2D eigenvalue weighted by Crippen LogP contribution is 2.15. The van der Waals surface area contributed by atoms with Gasteiger partial charge in [-0.3, -0.25) is 9.59 Å². The summed E-state index contributed by atoms with van der Waals surface area (Å²) in [5, 5.41) is 5.26. The van der Waals surface area contributed by atoms with Crippen molar-refractivity contribution in [2.75, 3.05) is 19.8 Å². The number of amides is 2. The van der Waals surface area contributed by atoms with Crippen LogP contribution in [0.25, 0.3) is 0 Å². The molecule has 6 nitrogen and oxygen atoms in total. The normalized spacial score (nSPS) is 11.4. The third-order valence-electron chi connectivity index (χ3n) is 4.03. The lowest BCUT2D eigenvalue weighted by atomic mass is 10.2. The van der Waals surface area contributed by atoms with E-state index in [2.05, 4.69) is 17.6 Å². The molecule has 0 bridgehead atoms. The van der Waals surface area contributed by atoms with Crippen molar-refractivity contribution in [1.82, 2.24) is 10.6 Å². The maximum Gasteiger partial charge on any atom is 0.251 e. The minimum atomic E-state index is -0.458. The van der Waals surface area contributed by atoms with E-state index in [-0.39, 0.29) is 36.8 Å². The van der Waals surface area contributed by atoms with Gasteiger partial charge in [-0.1, -0.05) is 25.5 Å². The molecule has 2 rings (SSSR count). The van der Waals surface area contributed by atoms with Crippen LogP contribution in [0.2, 0.25) is 0 Å². The highest BCUT2D eigenvalue weighted by molar-refractivity contribution is 5.96. The molecule has 2 aromatic carbocycles. The lowest BCUT2D eigenvalue weighted by Crippen LogP contribution is -2.43. The summed E-state index contributed by atoms with van der Waals surface area (Å²) in [6, 6.07) is 12.5. The molecule has 2 aromatic rings. The van der Waals surface area contributed by atoms with Gasteiger partial charge < -0.3 is 20.1 Å². The number of carbonyl (C=O) groups excluding carboxylic acids is 2. The van der Waals surface area contributed by atoms with Gasteiger partial charge in [0.2, 0.25) is 5.91 Å². The van der Waals surface area contributed by atoms with E-state index in [4.69, 9.17) is 9.47 Å². The second kappa shape index (κ2) is 11.7. The zero-order valence-electron chi connectivity index (χ0n) is 16.7. The zero-order chi connectivity index (χ0) is 21.1. The molecule has 156 valence electrons. The Morgan fingerprint density at radius 1 is 1.07 bits per heavy atom. The molecule has 0 aromatic heterocycles. The predicted octanol–water partition coefficient (Wildman–Crippen LogP) is 3.32. The van der Waals surface area contributed by atoms with Crippen molar-refractivity contribution >= 4 is 11.8 Å². The van der Waals surface area contributed by atoms with Gasteiger partial charge in [-0.25, -0.2) is 4.39 Å². The Labute approximate surface area is 170 Å². The van der Waals surface area contributed by atoms with Crippen LogP contribution in [0, 0.1) is 5.82 Å². The van der Waals surface area contributed by atoms with Crippen LogP contribution in [0.1, 0.15) is 37.0 Å². The largest absolute Gasteiger partial charge is 0.494 e. The van der Waals surface area contributed by atoms with Crippen molar-refractivity contribution in [3.8, 4) is 11.5 Å². The molecule has 0 spiro atoms. The number of hydrogen-bond acceptors (Lipinski definition) is 4. The van der Waals surface area contributed by atoms with E-state index in [0.717, 1.165) is 12.8 Å². The lowest BCUT2D eigenvalue weighted by molar-refractivity contribution is -0.120. The van der Waals surface area contributed by atoms with Crippen molar-refractivity contribution in [3.05, 3.63) is 59.9 Å². The minimum Gasteiger partial charge on any atom is -0.494 e. The fraction of sp³-hybridized carbons (Fsp3) is 0.364. The number of halogens is 1. The first-order valence-corrected chi connectivity index (χ1v) is 9.67. The fourth-order valence-electron chi connectivity index (χ4n) is 2.44. The number of rotatable bonds is 11. The molecule has 0 radical (unpaired) electrons. The van der Waals surface area contributed by atoms with Crippen molar-refractivity contribution in [3.63, 3.8) is 0 Å². The second-order valence-corrected chi connectivity index (χ2v) is 6.62. The van der Waals surface area contributed by atoms with Crippen LogP contribution in [-0.4, -0.2) is 37.6 Å². The summed E-state index contributed by atoms with van der Waals surface area (Å²) in [5.74, 6) is -0.335. The van der Waals surface area contributed by atoms with Gasteiger partial charge in [-0.2, -0.15) is 0 Å². The van der Waals surface area contributed by atoms with Crippen molar-refractivity contribution in [2.45, 2.75) is 32.7 Å². The van der Waals surface area contributed by atoms with E-state index in [1.165, 1.54) is 12.1 Å². The number of ether oxygens (including phenoxy) is 2. The van der Waals surface area contributed by atoms with Crippen LogP contribution in [-0.2, 0) is 4.79 Å². The summed E-state index contributed by atoms with van der Waals surface area (Å²) >= 11 is 0. The van der Waals surface area contributed by atoms with Gasteiger partial charge in [0, 0.05) is 5.56 Å². The lowest BCUT2D eigenvalue weighted by Gasteiger charge is -2.15. The van der Waals surface area contributed by atoms with E-state index in [9.17, 15) is 14.0 Å². The Balaban J connectivity index is 1.71. The van der Waals surface area contributed by atoms with Crippen LogP contribution >= 0.6 is 0 Å². The predicted molar refractivity (Wildman–Crippen MR) is 109 cm³/mol. The first kappa shape index (κ1) is 22.2. The SMILES string of the molecule is CCCCOc1ccc(C(=O)NCC(=O)NC(C)COc2ccccc2F)cc1. The number of hydrogen-bond donors (Lipinski definition) is 2. The average Bonchev–Trinajstić information content (AvgIpc) is 2.72. The Kier molecular flexibility index (Phi) is 8.95. The van der Waals surface area contributed by atoms with Crippen molar-refractivity contribution < 1.29 is 23.5 Å². The van der Waals surface area contributed by atoms with Crippen LogP contribution in [0.15, 0.2) is 48.5 Å². The number of unbranched alkanes of at least 4 members (excludes halogenated alkanes) is 1. The Morgan fingerprint density at radius 3 is 2.48 bits per heavy atom. The minimum absolute atomic E-state index is 0.111. The average molecular weight is 402 g/mol. The molecule has 0 aliphatic rings. The molecule has 0 fully saturated rings. The zero-order valence-corrected chi connectivity index (χ0v) is 16.7. The second-order valence-electron chi connectivity index (χ2n) is 6.62. The Bertz CT molecular complexity index is 796. The molecule has 7 heteroatoms. The summed E-state index contributed by atoms with van der Waals surface area (Å²) in [6.07, 6.45) is 2.03. The maximum absolute atomic E-state index is 13.5. The highest BCUT2D eigenvalue weighted by atomic mass is 19.1. The van der Waals surface area contributed by atoms with Gasteiger partial charge >= 0.3 is 0 Å². The first-order valence-electron chi connectivity index (χ1n) is 9.67. The molecular formula is C22H27FN2O4. The maximum atomic E-state index is 13.5. The van der Waals surface area contributed by atoms with Crippen LogP contribution < -0.4 is 20.1 Å². The molecule has 0 heterocycles. The monoisotopic (exact) mass is 402 g/mol. The van der Waals surface area contributed by atoms with Crippen LogP contribution in [0.4, 0.5) is 4.39 Å². The van der Waals surface area contributed by atoms with Gasteiger partial charge in [0.05, 0.1) is 19.2 Å². The van der Waals surface area contributed by atoms with Gasteiger partial charge in [-0.05, 0) is 49.7 Å². The van der Waals surface area contributed by atoms with E-state index >= 15 is 0 Å². The molecule has 0 aliphatic heterocycles. The van der Waals surface area contributed by atoms with Gasteiger partial charge in [0.25, 0.3) is 5.91 Å². The topological polar surface area (TPSA) is 76.7 Å². The van der Waals surface area contributed by atoms with Gasteiger partial charge in [-0.15, -0.1) is 0 Å². The number of benzene rings is 2. The van der Waals surface area contributed by atoms with E-state index in [0.29, 0.717) is 17.9 Å². The molecule has 1 unspecified atom stereocenters. The molecule has 1 atom stereocenters.